The number of hydrogen-bond donors (Lipinski definition) is 0. The average molecular weight is 238 g/mol. The Kier molecular flexibility index (Phi) is 10.9. The van der Waals surface area contributed by atoms with Crippen LogP contribution in [-0.4, -0.2) is 11.6 Å². The first-order chi connectivity index (χ1) is 8.16. The first-order valence-corrected chi connectivity index (χ1v) is 6.88. The van der Waals surface area contributed by atoms with Crippen molar-refractivity contribution < 1.29 is 9.59 Å². The highest BCUT2D eigenvalue weighted by molar-refractivity contribution is 5.97. The summed E-state index contributed by atoms with van der Waals surface area (Å²) in [5, 5.41) is 0. The molecule has 0 aliphatic heterocycles. The fourth-order valence-corrected chi connectivity index (χ4v) is 1.73. The van der Waals surface area contributed by atoms with Gasteiger partial charge in [-0.1, -0.05) is 51.9 Å². The summed E-state index contributed by atoms with van der Waals surface area (Å²) in [6.45, 7) is 3.68. The molecule has 0 heterocycles. The molecule has 0 radical (unpaired) electrons. The standard InChI is InChI=1S/C15H26O2/c1-3-4-5-6-7-8-9-10-11-15(17)13-12-14(2)16/h12-13H,3-11H2,1-2H3/b13-12-. The highest BCUT2D eigenvalue weighted by atomic mass is 16.1. The minimum Gasteiger partial charge on any atom is -0.295 e. The smallest absolute Gasteiger partial charge is 0.155 e. The maximum absolute atomic E-state index is 11.3. The summed E-state index contributed by atoms with van der Waals surface area (Å²) in [6, 6.07) is 0. The molecule has 0 bridgehead atoms. The fraction of sp³-hybridized carbons (Fsp3) is 0.733. The summed E-state index contributed by atoms with van der Waals surface area (Å²) in [5.74, 6) is 0.0143. The predicted molar refractivity (Wildman–Crippen MR) is 72.1 cm³/mol. The van der Waals surface area contributed by atoms with Gasteiger partial charge in [0.05, 0.1) is 0 Å². The number of hydrogen-bond acceptors (Lipinski definition) is 2. The van der Waals surface area contributed by atoms with Crippen LogP contribution in [0.25, 0.3) is 0 Å². The second-order valence-corrected chi connectivity index (χ2v) is 4.64. The van der Waals surface area contributed by atoms with E-state index in [0.29, 0.717) is 6.42 Å². The van der Waals surface area contributed by atoms with E-state index in [1.54, 1.807) is 0 Å². The van der Waals surface area contributed by atoms with Gasteiger partial charge in [0.15, 0.2) is 11.6 Å². The van der Waals surface area contributed by atoms with E-state index in [9.17, 15) is 9.59 Å². The molecule has 98 valence electrons. The first kappa shape index (κ1) is 16.1. The first-order valence-electron chi connectivity index (χ1n) is 6.88. The minimum absolute atomic E-state index is 0.0609. The maximum Gasteiger partial charge on any atom is 0.155 e. The quantitative estimate of drug-likeness (QED) is 0.399. The number of allylic oxidation sites excluding steroid dienone is 2. The molecule has 0 unspecified atom stereocenters. The van der Waals surface area contributed by atoms with E-state index in [1.165, 1.54) is 57.6 Å². The predicted octanol–water partition coefficient (Wildman–Crippen LogP) is 4.23. The van der Waals surface area contributed by atoms with Crippen molar-refractivity contribution in [2.75, 3.05) is 0 Å². The van der Waals surface area contributed by atoms with Gasteiger partial charge in [0.25, 0.3) is 0 Å². The van der Waals surface area contributed by atoms with Gasteiger partial charge in [-0.3, -0.25) is 9.59 Å². The van der Waals surface area contributed by atoms with E-state index in [2.05, 4.69) is 6.92 Å². The van der Waals surface area contributed by atoms with E-state index in [-0.39, 0.29) is 11.6 Å². The molecule has 0 aromatic heterocycles. The number of carbonyl (C=O) groups is 2. The molecule has 0 N–H and O–H groups in total. The molecule has 17 heavy (non-hydrogen) atoms. The molecular weight excluding hydrogens is 212 g/mol. The second-order valence-electron chi connectivity index (χ2n) is 4.64. The summed E-state index contributed by atoms with van der Waals surface area (Å²) >= 11 is 0. The lowest BCUT2D eigenvalue weighted by Crippen LogP contribution is -1.94. The van der Waals surface area contributed by atoms with Gasteiger partial charge in [0.1, 0.15) is 0 Å². The highest BCUT2D eigenvalue weighted by Crippen LogP contribution is 2.09. The lowest BCUT2D eigenvalue weighted by atomic mass is 10.1. The van der Waals surface area contributed by atoms with Crippen LogP contribution in [0.1, 0.15) is 71.6 Å². The van der Waals surface area contributed by atoms with Crippen molar-refractivity contribution in [2.45, 2.75) is 71.6 Å². The molecule has 0 aliphatic carbocycles. The van der Waals surface area contributed by atoms with Gasteiger partial charge in [0, 0.05) is 6.42 Å². The minimum atomic E-state index is -0.0609. The van der Waals surface area contributed by atoms with Gasteiger partial charge in [-0.25, -0.2) is 0 Å². The Hall–Kier alpha value is -0.920. The van der Waals surface area contributed by atoms with Gasteiger partial charge in [-0.05, 0) is 25.5 Å². The molecule has 0 fully saturated rings. The Morgan fingerprint density at radius 1 is 0.824 bits per heavy atom. The highest BCUT2D eigenvalue weighted by Gasteiger charge is 1.97. The Bertz CT molecular complexity index is 241. The van der Waals surface area contributed by atoms with Gasteiger partial charge < -0.3 is 0 Å². The van der Waals surface area contributed by atoms with Crippen molar-refractivity contribution in [2.24, 2.45) is 0 Å². The molecule has 0 aromatic rings. The molecule has 0 aromatic carbocycles. The van der Waals surface area contributed by atoms with Crippen molar-refractivity contribution >= 4 is 11.6 Å². The zero-order valence-corrected chi connectivity index (χ0v) is 11.3. The Labute approximate surface area is 105 Å². The van der Waals surface area contributed by atoms with Crippen molar-refractivity contribution in [3.63, 3.8) is 0 Å². The molecule has 0 aliphatic rings. The monoisotopic (exact) mass is 238 g/mol. The van der Waals surface area contributed by atoms with Crippen LogP contribution in [0, 0.1) is 0 Å². The zero-order valence-electron chi connectivity index (χ0n) is 11.3. The summed E-state index contributed by atoms with van der Waals surface area (Å²) in [6.07, 6.45) is 13.2. The number of carbonyl (C=O) groups excluding carboxylic acids is 2. The van der Waals surface area contributed by atoms with Gasteiger partial charge in [0.2, 0.25) is 0 Å². The van der Waals surface area contributed by atoms with E-state index in [0.717, 1.165) is 12.8 Å². The van der Waals surface area contributed by atoms with Crippen molar-refractivity contribution in [1.29, 1.82) is 0 Å². The molecule has 0 spiro atoms. The van der Waals surface area contributed by atoms with Crippen LogP contribution in [0.2, 0.25) is 0 Å². The number of unbranched alkanes of at least 4 members (excludes halogenated alkanes) is 7. The summed E-state index contributed by atoms with van der Waals surface area (Å²) in [7, 11) is 0. The summed E-state index contributed by atoms with van der Waals surface area (Å²) in [4.78, 5) is 21.9. The van der Waals surface area contributed by atoms with Crippen LogP contribution < -0.4 is 0 Å². The lowest BCUT2D eigenvalue weighted by molar-refractivity contribution is -0.116. The molecule has 0 rings (SSSR count). The van der Waals surface area contributed by atoms with Crippen LogP contribution in [0.15, 0.2) is 12.2 Å². The van der Waals surface area contributed by atoms with Crippen LogP contribution in [0.3, 0.4) is 0 Å². The third-order valence-electron chi connectivity index (χ3n) is 2.78. The molecule has 0 saturated heterocycles. The second kappa shape index (κ2) is 11.6. The van der Waals surface area contributed by atoms with Crippen molar-refractivity contribution in [3.8, 4) is 0 Å². The van der Waals surface area contributed by atoms with E-state index >= 15 is 0 Å². The molecule has 2 heteroatoms. The van der Waals surface area contributed by atoms with Gasteiger partial charge in [-0.15, -0.1) is 0 Å². The average Bonchev–Trinajstić information content (AvgIpc) is 2.30. The largest absolute Gasteiger partial charge is 0.295 e. The Morgan fingerprint density at radius 2 is 1.35 bits per heavy atom. The molecular formula is C15H26O2. The summed E-state index contributed by atoms with van der Waals surface area (Å²) in [5.41, 5.74) is 0. The topological polar surface area (TPSA) is 34.1 Å². The van der Waals surface area contributed by atoms with Gasteiger partial charge in [-0.2, -0.15) is 0 Å². The lowest BCUT2D eigenvalue weighted by Gasteiger charge is -2.00. The molecule has 0 saturated carbocycles. The van der Waals surface area contributed by atoms with Crippen molar-refractivity contribution in [1.82, 2.24) is 0 Å². The number of rotatable bonds is 11. The Morgan fingerprint density at radius 3 is 1.88 bits per heavy atom. The van der Waals surface area contributed by atoms with E-state index in [1.807, 2.05) is 0 Å². The molecule has 0 atom stereocenters. The van der Waals surface area contributed by atoms with Crippen molar-refractivity contribution in [3.05, 3.63) is 12.2 Å². The van der Waals surface area contributed by atoms with Crippen LogP contribution >= 0.6 is 0 Å². The van der Waals surface area contributed by atoms with Crippen LogP contribution in [-0.2, 0) is 9.59 Å². The number of ketones is 2. The van der Waals surface area contributed by atoms with Crippen LogP contribution in [0.5, 0.6) is 0 Å². The van der Waals surface area contributed by atoms with E-state index < -0.39 is 0 Å². The molecule has 2 nitrogen and oxygen atoms in total. The van der Waals surface area contributed by atoms with E-state index in [4.69, 9.17) is 0 Å². The maximum atomic E-state index is 11.3. The van der Waals surface area contributed by atoms with Crippen LogP contribution in [0.4, 0.5) is 0 Å². The zero-order chi connectivity index (χ0) is 12.9. The normalized spacial score (nSPS) is 10.9. The molecule has 0 amide bonds. The summed E-state index contributed by atoms with van der Waals surface area (Å²) < 4.78 is 0. The van der Waals surface area contributed by atoms with Gasteiger partial charge >= 0.3 is 0 Å². The Balaban J connectivity index is 3.28. The third kappa shape index (κ3) is 13.0. The SMILES string of the molecule is CCCCCCCCCCC(=O)/C=C\C(C)=O. The fourth-order valence-electron chi connectivity index (χ4n) is 1.73. The third-order valence-corrected chi connectivity index (χ3v) is 2.78.